The van der Waals surface area contributed by atoms with Gasteiger partial charge in [0.2, 0.25) is 0 Å². The molecule has 0 N–H and O–H groups in total. The van der Waals surface area contributed by atoms with Gasteiger partial charge in [0.05, 0.1) is 10.6 Å². The lowest BCUT2D eigenvalue weighted by Gasteiger charge is -2.33. The number of Topliss-reactive ketones (excluding diaryl/α,β-unsaturated/α-hetero) is 1. The normalized spacial score (nSPS) is 14.9. The van der Waals surface area contributed by atoms with Crippen LogP contribution >= 0.6 is 11.6 Å². The van der Waals surface area contributed by atoms with E-state index in [1.807, 2.05) is 38.1 Å². The number of hydrogen-bond donors (Lipinski definition) is 0. The second-order valence-corrected chi connectivity index (χ2v) is 7.53. The second kappa shape index (κ2) is 8.45. The quantitative estimate of drug-likeness (QED) is 0.675. The molecule has 0 bridgehead atoms. The largest absolute Gasteiger partial charge is 0.490 e. The number of benzene rings is 2. The lowest BCUT2D eigenvalue weighted by atomic mass is 10.0. The van der Waals surface area contributed by atoms with Crippen molar-refractivity contribution in [2.24, 2.45) is 5.92 Å². The number of hydrogen-bond acceptors (Lipinski definition) is 4. The van der Waals surface area contributed by atoms with Gasteiger partial charge in [0, 0.05) is 49.2 Å². The summed E-state index contributed by atoms with van der Waals surface area (Å²) in [6, 6.07) is 15.1. The van der Waals surface area contributed by atoms with Crippen molar-refractivity contribution in [2.75, 3.05) is 18.0 Å². The maximum absolute atomic E-state index is 12.1. The summed E-state index contributed by atoms with van der Waals surface area (Å²) < 4.78 is 6.03. The highest BCUT2D eigenvalue weighted by molar-refractivity contribution is 6.31. The number of ether oxygens (including phenoxy) is 1. The van der Waals surface area contributed by atoms with Gasteiger partial charge in [-0.15, -0.1) is 0 Å². The van der Waals surface area contributed by atoms with E-state index in [-0.39, 0.29) is 17.8 Å². The predicted molar refractivity (Wildman–Crippen MR) is 108 cm³/mol. The van der Waals surface area contributed by atoms with Gasteiger partial charge in [0.15, 0.2) is 5.78 Å². The maximum Gasteiger partial charge on any atom is 0.165 e. The highest BCUT2D eigenvalue weighted by Crippen LogP contribution is 2.27. The molecule has 3 rings (SSSR count). The third-order valence-electron chi connectivity index (χ3n) is 4.85. The van der Waals surface area contributed by atoms with Gasteiger partial charge >= 0.3 is 0 Å². The van der Waals surface area contributed by atoms with E-state index in [2.05, 4.69) is 11.0 Å². The Labute approximate surface area is 165 Å². The van der Waals surface area contributed by atoms with Gasteiger partial charge in [-0.05, 0) is 36.4 Å². The van der Waals surface area contributed by atoms with Crippen molar-refractivity contribution in [1.82, 2.24) is 0 Å². The highest BCUT2D eigenvalue weighted by atomic mass is 35.5. The van der Waals surface area contributed by atoms with Crippen molar-refractivity contribution < 1.29 is 9.53 Å². The number of carbonyl (C=O) groups is 1. The molecule has 140 valence electrons. The topological polar surface area (TPSA) is 53.3 Å². The van der Waals surface area contributed by atoms with E-state index in [0.717, 1.165) is 37.2 Å². The van der Waals surface area contributed by atoms with Gasteiger partial charge in [-0.1, -0.05) is 25.4 Å². The van der Waals surface area contributed by atoms with Crippen molar-refractivity contribution in [3.63, 3.8) is 0 Å². The van der Waals surface area contributed by atoms with Crippen LogP contribution in [0.2, 0.25) is 5.02 Å². The molecule has 0 aromatic heterocycles. The molecule has 1 fully saturated rings. The molecule has 0 radical (unpaired) electrons. The summed E-state index contributed by atoms with van der Waals surface area (Å²) in [4.78, 5) is 14.4. The first-order valence-electron chi connectivity index (χ1n) is 9.23. The number of ketones is 1. The third-order valence-corrected chi connectivity index (χ3v) is 5.16. The minimum Gasteiger partial charge on any atom is -0.490 e. The molecule has 0 spiro atoms. The summed E-state index contributed by atoms with van der Waals surface area (Å²) in [5, 5.41) is 9.36. The Morgan fingerprint density at radius 2 is 1.85 bits per heavy atom. The number of nitrogens with zero attached hydrogens (tertiary/aromatic N) is 2. The Balaban J connectivity index is 1.56. The molecular formula is C22H23ClN2O2. The lowest BCUT2D eigenvalue weighted by molar-refractivity contribution is 0.0939. The lowest BCUT2D eigenvalue weighted by Crippen LogP contribution is -2.38. The van der Waals surface area contributed by atoms with E-state index < -0.39 is 0 Å². The molecule has 27 heavy (non-hydrogen) atoms. The fourth-order valence-electron chi connectivity index (χ4n) is 3.25. The number of anilines is 1. The van der Waals surface area contributed by atoms with Gasteiger partial charge < -0.3 is 9.64 Å². The third kappa shape index (κ3) is 4.61. The zero-order chi connectivity index (χ0) is 19.4. The average Bonchev–Trinajstić information content (AvgIpc) is 2.68. The molecule has 0 atom stereocenters. The van der Waals surface area contributed by atoms with Crippen LogP contribution < -0.4 is 9.64 Å². The number of piperidine rings is 1. The van der Waals surface area contributed by atoms with Gasteiger partial charge in [-0.2, -0.15) is 5.26 Å². The van der Waals surface area contributed by atoms with Crippen LogP contribution in [-0.2, 0) is 0 Å². The maximum atomic E-state index is 12.1. The van der Waals surface area contributed by atoms with Crippen LogP contribution in [0.1, 0.15) is 42.6 Å². The second-order valence-electron chi connectivity index (χ2n) is 7.12. The minimum absolute atomic E-state index is 0.0134. The SMILES string of the molecule is CC(C)C(=O)c1ccc(N2CCC(Oc3ccc(C#N)c(Cl)c3)CC2)cc1. The zero-order valence-electron chi connectivity index (χ0n) is 15.6. The van der Waals surface area contributed by atoms with Crippen LogP contribution in [0.5, 0.6) is 5.75 Å². The summed E-state index contributed by atoms with van der Waals surface area (Å²) >= 11 is 6.07. The number of carbonyl (C=O) groups excluding carboxylic acids is 1. The first kappa shape index (κ1) is 19.3. The van der Waals surface area contributed by atoms with Gasteiger partial charge in [0.1, 0.15) is 17.9 Å². The van der Waals surface area contributed by atoms with Crippen LogP contribution in [0.25, 0.3) is 0 Å². The number of nitriles is 1. The average molecular weight is 383 g/mol. The Hall–Kier alpha value is -2.51. The minimum atomic E-state index is 0.0134. The molecule has 2 aromatic rings. The molecule has 0 saturated carbocycles. The van der Waals surface area contributed by atoms with E-state index in [1.54, 1.807) is 18.2 Å². The van der Waals surface area contributed by atoms with Crippen LogP contribution in [0.4, 0.5) is 5.69 Å². The molecule has 5 heteroatoms. The molecule has 4 nitrogen and oxygen atoms in total. The Morgan fingerprint density at radius 3 is 2.41 bits per heavy atom. The van der Waals surface area contributed by atoms with Gasteiger partial charge in [-0.3, -0.25) is 4.79 Å². The van der Waals surface area contributed by atoms with Crippen molar-refractivity contribution in [1.29, 1.82) is 5.26 Å². The summed E-state index contributed by atoms with van der Waals surface area (Å²) in [7, 11) is 0. The predicted octanol–water partition coefficient (Wildman–Crippen LogP) is 5.10. The van der Waals surface area contributed by atoms with Crippen LogP contribution in [-0.4, -0.2) is 25.0 Å². The smallest absolute Gasteiger partial charge is 0.165 e. The van der Waals surface area contributed by atoms with Crippen molar-refractivity contribution in [3.8, 4) is 11.8 Å². The number of rotatable bonds is 5. The molecule has 1 aliphatic rings. The summed E-state index contributed by atoms with van der Waals surface area (Å²) in [5.41, 5.74) is 2.36. The van der Waals surface area contributed by atoms with Crippen molar-refractivity contribution in [2.45, 2.75) is 32.8 Å². The molecule has 0 unspecified atom stereocenters. The van der Waals surface area contributed by atoms with Gasteiger partial charge in [0.25, 0.3) is 0 Å². The molecule has 1 aliphatic heterocycles. The van der Waals surface area contributed by atoms with E-state index in [0.29, 0.717) is 16.3 Å². The molecule has 1 saturated heterocycles. The Bertz CT molecular complexity index is 848. The molecular weight excluding hydrogens is 360 g/mol. The van der Waals surface area contributed by atoms with Crippen molar-refractivity contribution in [3.05, 3.63) is 58.6 Å². The van der Waals surface area contributed by atoms with E-state index >= 15 is 0 Å². The number of halogens is 1. The zero-order valence-corrected chi connectivity index (χ0v) is 16.4. The monoisotopic (exact) mass is 382 g/mol. The van der Waals surface area contributed by atoms with E-state index in [1.165, 1.54) is 0 Å². The summed E-state index contributed by atoms with van der Waals surface area (Å²) in [5.74, 6) is 0.892. The summed E-state index contributed by atoms with van der Waals surface area (Å²) in [6.45, 7) is 5.63. The Morgan fingerprint density at radius 1 is 1.19 bits per heavy atom. The first-order chi connectivity index (χ1) is 13.0. The summed E-state index contributed by atoms with van der Waals surface area (Å²) in [6.07, 6.45) is 1.95. The Kier molecular flexibility index (Phi) is 6.03. The fraction of sp³-hybridized carbons (Fsp3) is 0.364. The van der Waals surface area contributed by atoms with E-state index in [4.69, 9.17) is 21.6 Å². The van der Waals surface area contributed by atoms with Crippen LogP contribution in [0.15, 0.2) is 42.5 Å². The molecule has 2 aromatic carbocycles. The molecule has 0 amide bonds. The molecule has 0 aliphatic carbocycles. The fourth-order valence-corrected chi connectivity index (χ4v) is 3.47. The van der Waals surface area contributed by atoms with Gasteiger partial charge in [-0.25, -0.2) is 0 Å². The van der Waals surface area contributed by atoms with Crippen LogP contribution in [0.3, 0.4) is 0 Å². The highest BCUT2D eigenvalue weighted by Gasteiger charge is 2.21. The first-order valence-corrected chi connectivity index (χ1v) is 9.61. The van der Waals surface area contributed by atoms with Crippen molar-refractivity contribution >= 4 is 23.1 Å². The standard InChI is InChI=1S/C22H23ClN2O2/c1-15(2)22(26)16-3-6-18(7-4-16)25-11-9-19(10-12-25)27-20-8-5-17(14-24)21(23)13-20/h3-8,13,15,19H,9-12H2,1-2H3. The molecule has 1 heterocycles. The van der Waals surface area contributed by atoms with Crippen LogP contribution in [0, 0.1) is 17.2 Å². The van der Waals surface area contributed by atoms with E-state index in [9.17, 15) is 4.79 Å².